The van der Waals surface area contributed by atoms with Crippen LogP contribution in [0.2, 0.25) is 0 Å². The molecule has 1 atom stereocenters. The van der Waals surface area contributed by atoms with Crippen molar-refractivity contribution in [3.05, 3.63) is 23.3 Å². The number of rotatable bonds is 5. The minimum Gasteiger partial charge on any atom is -0.496 e. The van der Waals surface area contributed by atoms with E-state index in [9.17, 15) is 13.2 Å². The SMILES string of the molecule is COc1c(C)cc(S(=O)(=O)N2CCCC(CC(=O)O)C2)cc1C. The van der Waals surface area contributed by atoms with Crippen LogP contribution in [0.1, 0.15) is 30.4 Å². The van der Waals surface area contributed by atoms with E-state index in [1.54, 1.807) is 19.2 Å². The van der Waals surface area contributed by atoms with Crippen LogP contribution in [0.3, 0.4) is 0 Å². The van der Waals surface area contributed by atoms with Gasteiger partial charge in [-0.05, 0) is 55.9 Å². The molecule has 1 unspecified atom stereocenters. The number of carboxylic acid groups (broad SMARTS) is 1. The standard InChI is InChI=1S/C16H23NO5S/c1-11-7-14(8-12(2)16(11)22-3)23(20,21)17-6-4-5-13(10-17)9-15(18)19/h7-8,13H,4-6,9-10H2,1-3H3,(H,18,19). The minimum atomic E-state index is -3.62. The van der Waals surface area contributed by atoms with Crippen molar-refractivity contribution in [3.63, 3.8) is 0 Å². The first-order chi connectivity index (χ1) is 10.8. The van der Waals surface area contributed by atoms with Gasteiger partial charge in [-0.25, -0.2) is 8.42 Å². The van der Waals surface area contributed by atoms with Crippen molar-refractivity contribution in [2.45, 2.75) is 38.0 Å². The molecule has 1 aromatic rings. The van der Waals surface area contributed by atoms with Gasteiger partial charge in [-0.15, -0.1) is 0 Å². The van der Waals surface area contributed by atoms with Crippen LogP contribution in [-0.4, -0.2) is 44.0 Å². The van der Waals surface area contributed by atoms with Gasteiger partial charge in [-0.3, -0.25) is 4.79 Å². The zero-order chi connectivity index (χ0) is 17.2. The predicted molar refractivity (Wildman–Crippen MR) is 86.2 cm³/mol. The first-order valence-corrected chi connectivity index (χ1v) is 9.07. The molecule has 0 radical (unpaired) electrons. The van der Waals surface area contributed by atoms with E-state index in [4.69, 9.17) is 9.84 Å². The van der Waals surface area contributed by atoms with Gasteiger partial charge in [-0.1, -0.05) is 0 Å². The largest absolute Gasteiger partial charge is 0.496 e. The van der Waals surface area contributed by atoms with E-state index in [-0.39, 0.29) is 23.8 Å². The number of aryl methyl sites for hydroxylation is 2. The second-order valence-electron chi connectivity index (χ2n) is 6.06. The first kappa shape index (κ1) is 17.7. The highest BCUT2D eigenvalue weighted by Gasteiger charge is 2.31. The van der Waals surface area contributed by atoms with Crippen LogP contribution in [0.15, 0.2) is 17.0 Å². The number of piperidine rings is 1. The lowest BCUT2D eigenvalue weighted by molar-refractivity contribution is -0.138. The summed E-state index contributed by atoms with van der Waals surface area (Å²) in [5, 5.41) is 8.92. The van der Waals surface area contributed by atoms with E-state index in [0.29, 0.717) is 18.7 Å². The number of carbonyl (C=O) groups is 1. The molecule has 128 valence electrons. The molecular weight excluding hydrogens is 318 g/mol. The predicted octanol–water partition coefficient (Wildman–Crippen LogP) is 2.19. The van der Waals surface area contributed by atoms with E-state index in [2.05, 4.69) is 0 Å². The molecule has 0 aromatic heterocycles. The van der Waals surface area contributed by atoms with Gasteiger partial charge in [0.15, 0.2) is 0 Å². The van der Waals surface area contributed by atoms with Crippen molar-refractivity contribution >= 4 is 16.0 Å². The highest BCUT2D eigenvalue weighted by atomic mass is 32.2. The van der Waals surface area contributed by atoms with Gasteiger partial charge in [-0.2, -0.15) is 4.31 Å². The molecule has 1 aliphatic heterocycles. The van der Waals surface area contributed by atoms with E-state index >= 15 is 0 Å². The number of benzene rings is 1. The molecule has 1 heterocycles. The summed E-state index contributed by atoms with van der Waals surface area (Å²) < 4.78 is 32.4. The highest BCUT2D eigenvalue weighted by molar-refractivity contribution is 7.89. The molecular formula is C16H23NO5S. The third-order valence-corrected chi connectivity index (χ3v) is 6.06. The summed E-state index contributed by atoms with van der Waals surface area (Å²) in [7, 11) is -2.06. The number of sulfonamides is 1. The first-order valence-electron chi connectivity index (χ1n) is 7.63. The Labute approximate surface area is 137 Å². The monoisotopic (exact) mass is 341 g/mol. The molecule has 0 saturated carbocycles. The van der Waals surface area contributed by atoms with Crippen LogP contribution in [0.25, 0.3) is 0 Å². The lowest BCUT2D eigenvalue weighted by atomic mass is 9.96. The van der Waals surface area contributed by atoms with Crippen molar-refractivity contribution in [1.29, 1.82) is 0 Å². The zero-order valence-corrected chi connectivity index (χ0v) is 14.5. The van der Waals surface area contributed by atoms with Crippen molar-refractivity contribution in [1.82, 2.24) is 4.31 Å². The fraction of sp³-hybridized carbons (Fsp3) is 0.562. The third kappa shape index (κ3) is 3.84. The van der Waals surface area contributed by atoms with E-state index in [1.165, 1.54) is 4.31 Å². The van der Waals surface area contributed by atoms with E-state index < -0.39 is 16.0 Å². The molecule has 1 fully saturated rings. The topological polar surface area (TPSA) is 83.9 Å². The van der Waals surface area contributed by atoms with Gasteiger partial charge in [0.1, 0.15) is 5.75 Å². The Balaban J connectivity index is 2.29. The number of hydrogen-bond donors (Lipinski definition) is 1. The lowest BCUT2D eigenvalue weighted by Gasteiger charge is -2.31. The number of methoxy groups -OCH3 is 1. The van der Waals surface area contributed by atoms with Gasteiger partial charge in [0.25, 0.3) is 0 Å². The number of carboxylic acids is 1. The lowest BCUT2D eigenvalue weighted by Crippen LogP contribution is -2.40. The van der Waals surface area contributed by atoms with Crippen molar-refractivity contribution in [2.24, 2.45) is 5.92 Å². The maximum Gasteiger partial charge on any atom is 0.303 e. The summed E-state index contributed by atoms with van der Waals surface area (Å²) in [5.74, 6) is -0.326. The molecule has 1 aliphatic rings. The fourth-order valence-electron chi connectivity index (χ4n) is 3.19. The second kappa shape index (κ2) is 6.88. The second-order valence-corrected chi connectivity index (χ2v) is 8.00. The molecule has 0 amide bonds. The maximum absolute atomic E-state index is 12.9. The maximum atomic E-state index is 12.9. The van der Waals surface area contributed by atoms with Crippen LogP contribution >= 0.6 is 0 Å². The minimum absolute atomic E-state index is 0.00664. The van der Waals surface area contributed by atoms with Crippen molar-refractivity contribution in [3.8, 4) is 5.75 Å². The molecule has 2 rings (SSSR count). The Bertz CT molecular complexity index is 675. The van der Waals surface area contributed by atoms with Crippen LogP contribution in [0.4, 0.5) is 0 Å². The van der Waals surface area contributed by atoms with Crippen LogP contribution in [0, 0.1) is 19.8 Å². The Morgan fingerprint density at radius 3 is 2.48 bits per heavy atom. The van der Waals surface area contributed by atoms with Crippen molar-refractivity contribution < 1.29 is 23.1 Å². The van der Waals surface area contributed by atoms with Crippen LogP contribution < -0.4 is 4.74 Å². The van der Waals surface area contributed by atoms with Gasteiger partial charge < -0.3 is 9.84 Å². The summed E-state index contributed by atoms with van der Waals surface area (Å²) in [4.78, 5) is 11.1. The highest BCUT2D eigenvalue weighted by Crippen LogP contribution is 2.30. The molecule has 6 nitrogen and oxygen atoms in total. The Kier molecular flexibility index (Phi) is 5.31. The number of nitrogens with zero attached hydrogens (tertiary/aromatic N) is 1. The summed E-state index contributed by atoms with van der Waals surface area (Å²) in [6.45, 7) is 4.32. The number of ether oxygens (including phenoxy) is 1. The summed E-state index contributed by atoms with van der Waals surface area (Å²) in [6.07, 6.45) is 1.44. The molecule has 1 aromatic carbocycles. The Hall–Kier alpha value is -1.60. The van der Waals surface area contributed by atoms with Crippen LogP contribution in [-0.2, 0) is 14.8 Å². The molecule has 1 saturated heterocycles. The quantitative estimate of drug-likeness (QED) is 0.887. The smallest absolute Gasteiger partial charge is 0.303 e. The molecule has 0 aliphatic carbocycles. The van der Waals surface area contributed by atoms with E-state index in [1.807, 2.05) is 13.8 Å². The average molecular weight is 341 g/mol. The molecule has 0 bridgehead atoms. The van der Waals surface area contributed by atoms with Gasteiger partial charge in [0.2, 0.25) is 10.0 Å². The van der Waals surface area contributed by atoms with E-state index in [0.717, 1.165) is 17.5 Å². The third-order valence-electron chi connectivity index (χ3n) is 4.22. The Morgan fingerprint density at radius 2 is 1.96 bits per heavy atom. The zero-order valence-electron chi connectivity index (χ0n) is 13.7. The summed E-state index contributed by atoms with van der Waals surface area (Å²) in [5.41, 5.74) is 1.54. The summed E-state index contributed by atoms with van der Waals surface area (Å²) in [6, 6.07) is 3.23. The number of hydrogen-bond acceptors (Lipinski definition) is 4. The Morgan fingerprint density at radius 1 is 1.35 bits per heavy atom. The molecule has 0 spiro atoms. The van der Waals surface area contributed by atoms with Crippen LogP contribution in [0.5, 0.6) is 5.75 Å². The normalized spacial score (nSPS) is 19.5. The molecule has 7 heteroatoms. The van der Waals surface area contributed by atoms with Crippen molar-refractivity contribution in [2.75, 3.05) is 20.2 Å². The van der Waals surface area contributed by atoms with Gasteiger partial charge in [0.05, 0.1) is 12.0 Å². The number of aliphatic carboxylic acids is 1. The van der Waals surface area contributed by atoms with Gasteiger partial charge >= 0.3 is 5.97 Å². The van der Waals surface area contributed by atoms with Gasteiger partial charge in [0, 0.05) is 19.5 Å². The fourth-order valence-corrected chi connectivity index (χ4v) is 4.92. The molecule has 23 heavy (non-hydrogen) atoms. The average Bonchev–Trinajstić information content (AvgIpc) is 2.46. The summed E-state index contributed by atoms with van der Waals surface area (Å²) >= 11 is 0. The molecule has 1 N–H and O–H groups in total.